The van der Waals surface area contributed by atoms with E-state index in [1.54, 1.807) is 43.3 Å². The molecule has 4 amide bonds. The SMILES string of the molecule is COc1cc(O)cc(OC)c1C1C2=CCC3C(=O)N(c4ccc(Nc5ccccc5)cc4)C(=O)C3C2CC2C(=O)N(c3ccccc3)C(=O)C21C. The number of nitrogens with one attached hydrogen (secondary N) is 1. The minimum atomic E-state index is -1.30. The lowest BCUT2D eigenvalue weighted by Gasteiger charge is -2.49. The second kappa shape index (κ2) is 12.2. The number of nitrogens with zero attached hydrogens (tertiary/aromatic N) is 2. The molecule has 258 valence electrons. The molecule has 8 rings (SSSR count). The van der Waals surface area contributed by atoms with E-state index in [0.29, 0.717) is 28.4 Å². The van der Waals surface area contributed by atoms with Gasteiger partial charge < -0.3 is 19.9 Å². The molecule has 51 heavy (non-hydrogen) atoms. The van der Waals surface area contributed by atoms with Gasteiger partial charge in [-0.25, -0.2) is 4.90 Å². The second-order valence-electron chi connectivity index (χ2n) is 13.8. The smallest absolute Gasteiger partial charge is 0.241 e. The van der Waals surface area contributed by atoms with E-state index in [1.165, 1.54) is 36.2 Å². The Morgan fingerprint density at radius 1 is 0.725 bits per heavy atom. The first-order valence-corrected chi connectivity index (χ1v) is 17.1. The van der Waals surface area contributed by atoms with Gasteiger partial charge in [0, 0.05) is 35.0 Å². The molecule has 2 saturated heterocycles. The summed E-state index contributed by atoms with van der Waals surface area (Å²) in [7, 11) is 2.94. The molecule has 4 aromatic carbocycles. The van der Waals surface area contributed by atoms with E-state index in [4.69, 9.17) is 9.47 Å². The number of anilines is 4. The Morgan fingerprint density at radius 2 is 1.31 bits per heavy atom. The molecule has 10 heteroatoms. The highest BCUT2D eigenvalue weighted by Crippen LogP contribution is 2.65. The van der Waals surface area contributed by atoms with E-state index >= 15 is 0 Å². The molecule has 1 saturated carbocycles. The average Bonchev–Trinajstić information content (AvgIpc) is 3.52. The fourth-order valence-electron chi connectivity index (χ4n) is 8.99. The van der Waals surface area contributed by atoms with Crippen LogP contribution in [0.4, 0.5) is 22.7 Å². The van der Waals surface area contributed by atoms with Crippen LogP contribution >= 0.6 is 0 Å². The molecule has 0 spiro atoms. The molecule has 0 bridgehead atoms. The zero-order valence-electron chi connectivity index (χ0n) is 28.4. The van der Waals surface area contributed by atoms with Crippen LogP contribution in [0.1, 0.15) is 31.2 Å². The van der Waals surface area contributed by atoms with Gasteiger partial charge in [0.05, 0.1) is 48.8 Å². The summed E-state index contributed by atoms with van der Waals surface area (Å²) < 4.78 is 11.6. The van der Waals surface area contributed by atoms with Gasteiger partial charge in [-0.2, -0.15) is 0 Å². The fourth-order valence-corrected chi connectivity index (χ4v) is 8.99. The number of fused-ring (bicyclic) bond motifs is 4. The second-order valence-corrected chi connectivity index (χ2v) is 13.8. The van der Waals surface area contributed by atoms with Gasteiger partial charge in [-0.1, -0.05) is 48.0 Å². The van der Waals surface area contributed by atoms with Crippen LogP contribution in [0.3, 0.4) is 0 Å². The highest BCUT2D eigenvalue weighted by atomic mass is 16.5. The number of para-hydroxylation sites is 2. The lowest BCUT2D eigenvalue weighted by atomic mass is 9.51. The average molecular weight is 684 g/mol. The number of phenols is 1. The Balaban J connectivity index is 1.22. The Kier molecular flexibility index (Phi) is 7.70. The minimum Gasteiger partial charge on any atom is -0.508 e. The van der Waals surface area contributed by atoms with E-state index in [0.717, 1.165) is 16.9 Å². The summed E-state index contributed by atoms with van der Waals surface area (Å²) in [5, 5.41) is 13.9. The van der Waals surface area contributed by atoms with E-state index in [2.05, 4.69) is 5.32 Å². The summed E-state index contributed by atoms with van der Waals surface area (Å²) in [4.78, 5) is 60.4. The van der Waals surface area contributed by atoms with Crippen molar-refractivity contribution in [3.63, 3.8) is 0 Å². The van der Waals surface area contributed by atoms with Gasteiger partial charge in [0.15, 0.2) is 0 Å². The van der Waals surface area contributed by atoms with Crippen LogP contribution in [-0.4, -0.2) is 43.0 Å². The molecule has 0 aromatic heterocycles. The first-order chi connectivity index (χ1) is 24.7. The normalized spacial score (nSPS) is 26.7. The quantitative estimate of drug-likeness (QED) is 0.165. The first-order valence-electron chi connectivity index (χ1n) is 17.1. The van der Waals surface area contributed by atoms with Gasteiger partial charge in [-0.05, 0) is 74.2 Å². The third kappa shape index (κ3) is 4.84. The predicted octanol–water partition coefficient (Wildman–Crippen LogP) is 6.59. The van der Waals surface area contributed by atoms with Crippen molar-refractivity contribution in [2.24, 2.45) is 29.1 Å². The maximum Gasteiger partial charge on any atom is 0.241 e. The third-order valence-corrected chi connectivity index (χ3v) is 11.3. The zero-order valence-corrected chi connectivity index (χ0v) is 28.4. The number of hydrogen-bond acceptors (Lipinski definition) is 8. The van der Waals surface area contributed by atoms with Crippen molar-refractivity contribution in [1.82, 2.24) is 0 Å². The van der Waals surface area contributed by atoms with Crippen molar-refractivity contribution in [1.29, 1.82) is 0 Å². The number of hydrogen-bond donors (Lipinski definition) is 2. The Hall–Kier alpha value is -5.90. The van der Waals surface area contributed by atoms with Gasteiger partial charge in [0.25, 0.3) is 0 Å². The summed E-state index contributed by atoms with van der Waals surface area (Å²) in [6.07, 6.45) is 2.48. The molecule has 4 aromatic rings. The van der Waals surface area contributed by atoms with Crippen LogP contribution in [0.2, 0.25) is 0 Å². The van der Waals surface area contributed by atoms with Crippen molar-refractivity contribution in [2.75, 3.05) is 29.3 Å². The molecule has 0 radical (unpaired) electrons. The van der Waals surface area contributed by atoms with Gasteiger partial charge >= 0.3 is 0 Å². The highest BCUT2D eigenvalue weighted by Gasteiger charge is 2.68. The lowest BCUT2D eigenvalue weighted by molar-refractivity contribution is -0.131. The molecule has 2 aliphatic carbocycles. The molecule has 2 aliphatic heterocycles. The maximum atomic E-state index is 14.7. The van der Waals surface area contributed by atoms with E-state index in [-0.39, 0.29) is 42.2 Å². The van der Waals surface area contributed by atoms with Crippen molar-refractivity contribution < 1.29 is 33.8 Å². The first kappa shape index (κ1) is 32.3. The third-order valence-electron chi connectivity index (χ3n) is 11.3. The molecular weight excluding hydrogens is 646 g/mol. The lowest BCUT2D eigenvalue weighted by Crippen LogP contribution is -2.49. The Bertz CT molecular complexity index is 2070. The number of phenolic OH excluding ortho intramolecular Hbond substituents is 1. The number of amides is 4. The topological polar surface area (TPSA) is 125 Å². The zero-order chi connectivity index (χ0) is 35.6. The van der Waals surface area contributed by atoms with Gasteiger partial charge in [0.1, 0.15) is 17.2 Å². The number of aromatic hydroxyl groups is 1. The Morgan fingerprint density at radius 3 is 1.94 bits per heavy atom. The molecule has 10 nitrogen and oxygen atoms in total. The summed E-state index contributed by atoms with van der Waals surface area (Å²) in [6, 6.07) is 28.6. The molecule has 6 unspecified atom stereocenters. The van der Waals surface area contributed by atoms with E-state index in [1.807, 2.05) is 54.6 Å². The predicted molar refractivity (Wildman–Crippen MR) is 191 cm³/mol. The van der Waals surface area contributed by atoms with Crippen molar-refractivity contribution >= 4 is 46.4 Å². The molecule has 2 heterocycles. The highest BCUT2D eigenvalue weighted by molar-refractivity contribution is 6.25. The molecule has 6 atom stereocenters. The van der Waals surface area contributed by atoms with Gasteiger partial charge in [-0.15, -0.1) is 0 Å². The van der Waals surface area contributed by atoms with Crippen LogP contribution in [0.15, 0.2) is 109 Å². The number of imide groups is 2. The number of carbonyl (C=O) groups excluding carboxylic acids is 4. The van der Waals surface area contributed by atoms with E-state index < -0.39 is 35.0 Å². The fraction of sp³-hybridized carbons (Fsp3) is 0.268. The molecule has 4 aliphatic rings. The van der Waals surface area contributed by atoms with Gasteiger partial charge in [0.2, 0.25) is 23.6 Å². The summed E-state index contributed by atoms with van der Waals surface area (Å²) in [5.74, 6) is -4.32. The summed E-state index contributed by atoms with van der Waals surface area (Å²) in [5.41, 5.74) is 2.65. The van der Waals surface area contributed by atoms with Crippen LogP contribution in [0.5, 0.6) is 17.2 Å². The standard InChI is InChI=1S/C41H37N3O7/c1-41-31(38(47)44(40(41)49)25-12-8-5-9-13-25)22-30-28(36(41)35-32(50-2)20-27(45)21-33(35)51-3)18-19-29-34(30)39(48)43(37(29)46)26-16-14-24(15-17-26)42-23-10-6-4-7-11-23/h4-18,20-21,29-31,34,36,42,45H,19,22H2,1-3H3. The van der Waals surface area contributed by atoms with Crippen molar-refractivity contribution in [2.45, 2.75) is 25.7 Å². The summed E-state index contributed by atoms with van der Waals surface area (Å²) in [6.45, 7) is 1.80. The minimum absolute atomic E-state index is 0.0869. The van der Waals surface area contributed by atoms with Crippen molar-refractivity contribution in [3.05, 3.63) is 114 Å². The molecule has 2 N–H and O–H groups in total. The number of rotatable bonds is 7. The van der Waals surface area contributed by atoms with Crippen LogP contribution in [0.25, 0.3) is 0 Å². The number of ether oxygens (including phenoxy) is 2. The molecule has 3 fully saturated rings. The summed E-state index contributed by atoms with van der Waals surface area (Å²) >= 11 is 0. The maximum absolute atomic E-state index is 14.7. The number of benzene rings is 4. The van der Waals surface area contributed by atoms with Crippen LogP contribution < -0.4 is 24.6 Å². The monoisotopic (exact) mass is 683 g/mol. The molecular formula is C41H37N3O7. The number of methoxy groups -OCH3 is 2. The Labute approximate surface area is 295 Å². The van der Waals surface area contributed by atoms with Crippen LogP contribution in [0, 0.1) is 29.1 Å². The number of carbonyl (C=O) groups is 4. The largest absolute Gasteiger partial charge is 0.508 e. The van der Waals surface area contributed by atoms with Gasteiger partial charge in [-0.3, -0.25) is 24.1 Å². The van der Waals surface area contributed by atoms with Crippen LogP contribution in [-0.2, 0) is 19.2 Å². The number of allylic oxidation sites excluding steroid dienone is 2. The van der Waals surface area contributed by atoms with E-state index in [9.17, 15) is 24.3 Å². The van der Waals surface area contributed by atoms with Crippen molar-refractivity contribution in [3.8, 4) is 17.2 Å².